The number of hydrogen-bond donors (Lipinski definition) is 0. The molecule has 0 aliphatic rings. The predicted octanol–water partition coefficient (Wildman–Crippen LogP) is 7.77. The molecule has 0 N–H and O–H groups in total. The van der Waals surface area contributed by atoms with Crippen LogP contribution in [0.4, 0.5) is 52.7 Å². The molecule has 0 aliphatic heterocycles. The van der Waals surface area contributed by atoms with Gasteiger partial charge in [0.15, 0.2) is 0 Å². The van der Waals surface area contributed by atoms with Crippen molar-refractivity contribution in [3.8, 4) is 17.2 Å². The summed E-state index contributed by atoms with van der Waals surface area (Å²) in [5.41, 5.74) is -14.8. The largest absolute Gasteiger partial charge is 0.457 e. The van der Waals surface area contributed by atoms with Gasteiger partial charge in [0.05, 0.1) is 17.2 Å². The van der Waals surface area contributed by atoms with Gasteiger partial charge in [-0.15, -0.1) is 0 Å². The van der Waals surface area contributed by atoms with E-state index in [2.05, 4.69) is 0 Å². The van der Waals surface area contributed by atoms with Gasteiger partial charge in [-0.1, -0.05) is 18.2 Å². The second-order valence-electron chi connectivity index (χ2n) is 6.26. The van der Waals surface area contributed by atoms with E-state index in [-0.39, 0.29) is 5.56 Å². The van der Waals surface area contributed by atoms with Crippen LogP contribution in [0.15, 0.2) is 36.4 Å². The highest BCUT2D eigenvalue weighted by molar-refractivity contribution is 14.1. The summed E-state index contributed by atoms with van der Waals surface area (Å²) >= 11 is 0.753. The first-order valence-electron chi connectivity index (χ1n) is 7.91. The lowest BCUT2D eigenvalue weighted by Crippen LogP contribution is -2.60. The normalized spacial score (nSPS) is 15.2. The van der Waals surface area contributed by atoms with Crippen LogP contribution in [-0.2, 0) is 11.8 Å². The molecule has 0 fully saturated rings. The lowest BCUT2D eigenvalue weighted by atomic mass is 9.79. The SMILES string of the molecule is N#Cc1ccc(-c2ccc(I)c(C(F)(F)F)c2C(F)(C(F)(F)F)C(F)(F)C(F)(F)F)cc1. The molecule has 1 nitrogen and oxygen atoms in total. The minimum absolute atomic E-state index is 0.167. The Morgan fingerprint density at radius 2 is 1.16 bits per heavy atom. The van der Waals surface area contributed by atoms with Gasteiger partial charge in [-0.25, -0.2) is 4.39 Å². The fourth-order valence-corrected chi connectivity index (χ4v) is 3.60. The van der Waals surface area contributed by atoms with Crippen LogP contribution in [0.25, 0.3) is 11.1 Å². The fourth-order valence-electron chi connectivity index (χ4n) is 2.85. The number of alkyl halides is 12. The van der Waals surface area contributed by atoms with Crippen LogP contribution in [0.5, 0.6) is 0 Å². The van der Waals surface area contributed by atoms with Gasteiger partial charge < -0.3 is 0 Å². The van der Waals surface area contributed by atoms with E-state index < -0.39 is 55.9 Å². The Balaban J connectivity index is 3.16. The predicted molar refractivity (Wildman–Crippen MR) is 94.2 cm³/mol. The van der Waals surface area contributed by atoms with E-state index in [1.165, 1.54) is 0 Å². The number of rotatable bonds is 3. The highest BCUT2D eigenvalue weighted by Gasteiger charge is 2.83. The Labute approximate surface area is 184 Å². The Morgan fingerprint density at radius 1 is 0.656 bits per heavy atom. The zero-order chi connectivity index (χ0) is 24.9. The highest BCUT2D eigenvalue weighted by Crippen LogP contribution is 2.61. The third-order valence-corrected chi connectivity index (χ3v) is 5.19. The van der Waals surface area contributed by atoms with Gasteiger partial charge in [0.2, 0.25) is 0 Å². The zero-order valence-electron chi connectivity index (χ0n) is 14.8. The van der Waals surface area contributed by atoms with Gasteiger partial charge in [0, 0.05) is 9.13 Å². The second-order valence-corrected chi connectivity index (χ2v) is 7.42. The van der Waals surface area contributed by atoms with E-state index in [0.29, 0.717) is 24.3 Å². The molecule has 0 heterocycles. The number of benzene rings is 2. The van der Waals surface area contributed by atoms with Crippen LogP contribution in [0.3, 0.4) is 0 Å². The molecule has 0 spiro atoms. The van der Waals surface area contributed by atoms with Gasteiger partial charge in [-0.05, 0) is 51.9 Å². The molecule has 32 heavy (non-hydrogen) atoms. The van der Waals surface area contributed by atoms with Gasteiger partial charge in [0.25, 0.3) is 0 Å². The Hall–Kier alpha value is -2.18. The van der Waals surface area contributed by atoms with Crippen LogP contribution in [0.1, 0.15) is 16.7 Å². The average Bonchev–Trinajstić information content (AvgIpc) is 2.64. The van der Waals surface area contributed by atoms with Crippen molar-refractivity contribution in [3.05, 3.63) is 56.7 Å². The van der Waals surface area contributed by atoms with E-state index in [9.17, 15) is 48.3 Å². The maximum atomic E-state index is 15.2. The Bertz CT molecular complexity index is 1040. The lowest BCUT2D eigenvalue weighted by molar-refractivity contribution is -0.389. The van der Waals surface area contributed by atoms with E-state index in [1.54, 1.807) is 6.07 Å². The van der Waals surface area contributed by atoms with Gasteiger partial charge in [-0.2, -0.15) is 53.6 Å². The number of nitrogens with zero attached hydrogens (tertiary/aromatic N) is 1. The summed E-state index contributed by atoms with van der Waals surface area (Å²) in [5.74, 6) is -7.30. The first-order valence-corrected chi connectivity index (χ1v) is 8.99. The molecule has 2 rings (SSSR count). The summed E-state index contributed by atoms with van der Waals surface area (Å²) in [5, 5.41) is 8.74. The quantitative estimate of drug-likeness (QED) is 0.265. The van der Waals surface area contributed by atoms with Crippen LogP contribution >= 0.6 is 22.6 Å². The molecule has 174 valence electrons. The van der Waals surface area contributed by atoms with Crippen molar-refractivity contribution in [2.75, 3.05) is 0 Å². The molecule has 0 saturated heterocycles. The van der Waals surface area contributed by atoms with Crippen LogP contribution < -0.4 is 0 Å². The molecule has 0 aromatic heterocycles. The maximum absolute atomic E-state index is 15.2. The Kier molecular flexibility index (Phi) is 6.51. The van der Waals surface area contributed by atoms with Crippen LogP contribution in [-0.4, -0.2) is 18.3 Å². The minimum atomic E-state index is -7.30. The topological polar surface area (TPSA) is 23.8 Å². The van der Waals surface area contributed by atoms with E-state index in [1.807, 2.05) is 0 Å². The summed E-state index contributed by atoms with van der Waals surface area (Å²) < 4.78 is 162. The first-order chi connectivity index (χ1) is 14.3. The standard InChI is InChI=1S/C18H6F12IN/c19-14(17(25,26)27,16(23,24)18(28,29)30)12-10(9-3-1-8(7-32)2-4-9)5-6-11(31)13(12)15(20,21)22/h1-6H. The van der Waals surface area contributed by atoms with Crippen molar-refractivity contribution in [2.45, 2.75) is 30.1 Å². The number of halogens is 13. The van der Waals surface area contributed by atoms with E-state index in [0.717, 1.165) is 34.7 Å². The van der Waals surface area contributed by atoms with Crippen LogP contribution in [0.2, 0.25) is 0 Å². The first kappa shape index (κ1) is 26.1. The fraction of sp³-hybridized carbons (Fsp3) is 0.278. The molecule has 1 unspecified atom stereocenters. The van der Waals surface area contributed by atoms with Crippen molar-refractivity contribution < 1.29 is 52.7 Å². The highest BCUT2D eigenvalue weighted by atomic mass is 127. The molecule has 0 aliphatic carbocycles. The minimum Gasteiger partial charge on any atom is -0.221 e. The van der Waals surface area contributed by atoms with Crippen LogP contribution in [0, 0.1) is 14.9 Å². The molecule has 0 amide bonds. The number of nitriles is 1. The summed E-state index contributed by atoms with van der Waals surface area (Å²) in [6.45, 7) is 0. The van der Waals surface area contributed by atoms with Crippen molar-refractivity contribution in [1.29, 1.82) is 5.26 Å². The molecule has 2 aromatic rings. The van der Waals surface area contributed by atoms with Crippen molar-refractivity contribution >= 4 is 22.6 Å². The molecular weight excluding hydrogens is 585 g/mol. The summed E-state index contributed by atoms with van der Waals surface area (Å²) in [4.78, 5) is 0. The third kappa shape index (κ3) is 4.11. The second kappa shape index (κ2) is 7.99. The molecule has 14 heteroatoms. The third-order valence-electron chi connectivity index (χ3n) is 4.29. The molecule has 0 bridgehead atoms. The van der Waals surface area contributed by atoms with Gasteiger partial charge >= 0.3 is 30.1 Å². The maximum Gasteiger partial charge on any atom is 0.457 e. The van der Waals surface area contributed by atoms with Gasteiger partial charge in [-0.3, -0.25) is 0 Å². The van der Waals surface area contributed by atoms with Crippen molar-refractivity contribution in [2.24, 2.45) is 0 Å². The molecule has 0 radical (unpaired) electrons. The summed E-state index contributed by atoms with van der Waals surface area (Å²) in [7, 11) is 0. The lowest BCUT2D eigenvalue weighted by Gasteiger charge is -2.38. The number of hydrogen-bond acceptors (Lipinski definition) is 1. The molecule has 2 aromatic carbocycles. The smallest absolute Gasteiger partial charge is 0.221 e. The van der Waals surface area contributed by atoms with E-state index in [4.69, 9.17) is 5.26 Å². The van der Waals surface area contributed by atoms with Crippen molar-refractivity contribution in [3.63, 3.8) is 0 Å². The Morgan fingerprint density at radius 3 is 1.53 bits per heavy atom. The summed E-state index contributed by atoms with van der Waals surface area (Å²) in [6, 6.07) is 5.48. The van der Waals surface area contributed by atoms with E-state index >= 15 is 4.39 Å². The average molecular weight is 591 g/mol. The zero-order valence-corrected chi connectivity index (χ0v) is 17.0. The monoisotopic (exact) mass is 591 g/mol. The molecular formula is C18H6F12IN. The van der Waals surface area contributed by atoms with Crippen molar-refractivity contribution in [1.82, 2.24) is 0 Å². The molecule has 0 saturated carbocycles. The van der Waals surface area contributed by atoms with Gasteiger partial charge in [0.1, 0.15) is 0 Å². The summed E-state index contributed by atoms with van der Waals surface area (Å²) in [6.07, 6.45) is -20.3. The molecule has 1 atom stereocenters.